The molecule has 0 spiro atoms. The van der Waals surface area contributed by atoms with Crippen molar-refractivity contribution in [3.05, 3.63) is 74.6 Å². The zero-order valence-corrected chi connectivity index (χ0v) is 16.8. The van der Waals surface area contributed by atoms with Crippen LogP contribution < -0.4 is 16.6 Å². The summed E-state index contributed by atoms with van der Waals surface area (Å²) in [4.78, 5) is 37.2. The number of nitrogens with zero attached hydrogens (tertiary/aromatic N) is 1. The summed E-state index contributed by atoms with van der Waals surface area (Å²) in [5.41, 5.74) is 6.89. The van der Waals surface area contributed by atoms with Gasteiger partial charge in [0, 0.05) is 21.1 Å². The molecule has 0 atom stereocenters. The Morgan fingerprint density at radius 2 is 1.93 bits per heavy atom. The Morgan fingerprint density at radius 3 is 2.59 bits per heavy atom. The summed E-state index contributed by atoms with van der Waals surface area (Å²) in [6.07, 6.45) is 1.55. The molecule has 0 saturated carbocycles. The Morgan fingerprint density at radius 1 is 1.22 bits per heavy atom. The predicted octanol–water partition coefficient (Wildman–Crippen LogP) is 3.39. The van der Waals surface area contributed by atoms with E-state index in [4.69, 9.17) is 5.73 Å². The number of anilines is 1. The molecule has 3 aromatic rings. The molecule has 0 aliphatic carbocycles. The fraction of sp³-hybridized carbons (Fsp3) is 0.105. The quantitative estimate of drug-likeness (QED) is 0.629. The van der Waals surface area contributed by atoms with E-state index in [2.05, 4.69) is 21.2 Å². The Kier molecular flexibility index (Phi) is 5.57. The maximum atomic E-state index is 12.4. The number of aryl methyl sites for hydroxylation is 1. The van der Waals surface area contributed by atoms with E-state index in [0.717, 1.165) is 10.4 Å². The summed E-state index contributed by atoms with van der Waals surface area (Å²) in [7, 11) is 0. The predicted molar refractivity (Wildman–Crippen MR) is 110 cm³/mol. The number of hydrogen-bond donors (Lipinski definition) is 2. The highest BCUT2D eigenvalue weighted by Gasteiger charge is 2.17. The van der Waals surface area contributed by atoms with Gasteiger partial charge in [0.05, 0.1) is 5.56 Å². The highest BCUT2D eigenvalue weighted by Crippen LogP contribution is 2.35. The number of rotatable bonds is 5. The van der Waals surface area contributed by atoms with Crippen LogP contribution in [0.15, 0.2) is 57.9 Å². The third-order valence-electron chi connectivity index (χ3n) is 3.85. The first-order chi connectivity index (χ1) is 12.8. The van der Waals surface area contributed by atoms with Gasteiger partial charge in [-0.3, -0.25) is 14.4 Å². The van der Waals surface area contributed by atoms with Crippen molar-refractivity contribution in [2.24, 2.45) is 5.73 Å². The Hall–Kier alpha value is -2.71. The molecule has 0 aliphatic heterocycles. The van der Waals surface area contributed by atoms with Crippen LogP contribution in [-0.2, 0) is 11.3 Å². The number of pyridine rings is 1. The van der Waals surface area contributed by atoms with E-state index in [1.54, 1.807) is 25.3 Å². The molecule has 8 heteroatoms. The second kappa shape index (κ2) is 7.89. The molecule has 0 radical (unpaired) electrons. The minimum Gasteiger partial charge on any atom is -0.366 e. The molecular weight excluding hydrogens is 430 g/mol. The van der Waals surface area contributed by atoms with Crippen LogP contribution in [0.4, 0.5) is 5.00 Å². The van der Waals surface area contributed by atoms with E-state index in [-0.39, 0.29) is 17.7 Å². The molecule has 1 aromatic carbocycles. The lowest BCUT2D eigenvalue weighted by molar-refractivity contribution is -0.116. The van der Waals surface area contributed by atoms with Gasteiger partial charge in [0.15, 0.2) is 0 Å². The highest BCUT2D eigenvalue weighted by molar-refractivity contribution is 9.10. The molecule has 0 saturated heterocycles. The normalized spacial score (nSPS) is 10.6. The molecule has 6 nitrogen and oxygen atoms in total. The number of aromatic nitrogens is 1. The first kappa shape index (κ1) is 19.1. The van der Waals surface area contributed by atoms with Gasteiger partial charge in [-0.05, 0) is 40.5 Å². The van der Waals surface area contributed by atoms with Gasteiger partial charge in [0.25, 0.3) is 11.5 Å². The van der Waals surface area contributed by atoms with Crippen LogP contribution in [0.1, 0.15) is 15.9 Å². The first-order valence-electron chi connectivity index (χ1n) is 8.00. The lowest BCUT2D eigenvalue weighted by Gasteiger charge is -2.08. The number of carbonyl (C=O) groups excluding carboxylic acids is 2. The average molecular weight is 446 g/mol. The van der Waals surface area contributed by atoms with Gasteiger partial charge < -0.3 is 15.6 Å². The molecule has 0 fully saturated rings. The first-order valence-corrected chi connectivity index (χ1v) is 9.61. The minimum atomic E-state index is -0.626. The Bertz CT molecular complexity index is 1070. The molecule has 2 amide bonds. The molecule has 3 rings (SSSR count). The molecule has 0 bridgehead atoms. The third-order valence-corrected chi connectivity index (χ3v) is 5.39. The van der Waals surface area contributed by atoms with E-state index in [1.165, 1.54) is 15.9 Å². The van der Waals surface area contributed by atoms with Crippen molar-refractivity contribution in [2.45, 2.75) is 13.5 Å². The number of hydrogen-bond acceptors (Lipinski definition) is 4. The van der Waals surface area contributed by atoms with E-state index >= 15 is 0 Å². The molecular formula is C19H16BrN3O3S. The molecule has 138 valence electrons. The number of thiophene rings is 1. The van der Waals surface area contributed by atoms with Gasteiger partial charge in [-0.15, -0.1) is 11.3 Å². The molecule has 2 heterocycles. The second-order valence-corrected chi connectivity index (χ2v) is 7.87. The van der Waals surface area contributed by atoms with Gasteiger partial charge in [-0.2, -0.15) is 0 Å². The Labute approximate surface area is 167 Å². The van der Waals surface area contributed by atoms with Crippen LogP contribution in [-0.4, -0.2) is 16.4 Å². The summed E-state index contributed by atoms with van der Waals surface area (Å²) in [6.45, 7) is 1.51. The third kappa shape index (κ3) is 4.35. The van der Waals surface area contributed by atoms with Gasteiger partial charge in [-0.25, -0.2) is 0 Å². The van der Waals surface area contributed by atoms with Crippen LogP contribution in [0.25, 0.3) is 10.4 Å². The summed E-state index contributed by atoms with van der Waals surface area (Å²) in [6, 6.07) is 12.8. The summed E-state index contributed by atoms with van der Waals surface area (Å²) in [5, 5.41) is 3.07. The van der Waals surface area contributed by atoms with E-state index < -0.39 is 11.8 Å². The van der Waals surface area contributed by atoms with Crippen molar-refractivity contribution in [3.8, 4) is 10.4 Å². The van der Waals surface area contributed by atoms with Crippen LogP contribution in [0.3, 0.4) is 0 Å². The maximum absolute atomic E-state index is 12.4. The minimum absolute atomic E-state index is 0.171. The number of amides is 2. The SMILES string of the molecule is Cc1cc(Br)cn(CC(=O)Nc2sc(-c3ccccc3)cc2C(N)=O)c1=O. The summed E-state index contributed by atoms with van der Waals surface area (Å²) >= 11 is 4.57. The van der Waals surface area contributed by atoms with Crippen molar-refractivity contribution >= 4 is 44.1 Å². The van der Waals surface area contributed by atoms with Crippen LogP contribution >= 0.6 is 27.3 Å². The second-order valence-electron chi connectivity index (χ2n) is 5.91. The summed E-state index contributed by atoms with van der Waals surface area (Å²) < 4.78 is 2.01. The number of nitrogens with one attached hydrogen (secondary N) is 1. The average Bonchev–Trinajstić information content (AvgIpc) is 3.04. The van der Waals surface area contributed by atoms with Gasteiger partial charge in [0.1, 0.15) is 11.5 Å². The van der Waals surface area contributed by atoms with Gasteiger partial charge in [0.2, 0.25) is 5.91 Å². The number of halogens is 1. The van der Waals surface area contributed by atoms with E-state index in [9.17, 15) is 14.4 Å². The van der Waals surface area contributed by atoms with Crippen LogP contribution in [0.2, 0.25) is 0 Å². The van der Waals surface area contributed by atoms with Crippen molar-refractivity contribution in [3.63, 3.8) is 0 Å². The molecule has 2 aromatic heterocycles. The standard InChI is InChI=1S/C19H16BrN3O3S/c1-11-7-13(20)9-23(19(11)26)10-16(24)22-18-14(17(21)25)8-15(27-18)12-5-3-2-4-6-12/h2-9H,10H2,1H3,(H2,21,25)(H,22,24). The van der Waals surface area contributed by atoms with E-state index in [1.807, 2.05) is 30.3 Å². The fourth-order valence-electron chi connectivity index (χ4n) is 2.59. The topological polar surface area (TPSA) is 94.2 Å². The van der Waals surface area contributed by atoms with Crippen LogP contribution in [0.5, 0.6) is 0 Å². The van der Waals surface area contributed by atoms with Crippen molar-refractivity contribution < 1.29 is 9.59 Å². The smallest absolute Gasteiger partial charge is 0.253 e. The zero-order valence-electron chi connectivity index (χ0n) is 14.4. The van der Waals surface area contributed by atoms with E-state index in [0.29, 0.717) is 15.0 Å². The number of primary amides is 1. The molecule has 0 unspecified atom stereocenters. The van der Waals surface area contributed by atoms with Crippen LogP contribution in [0, 0.1) is 6.92 Å². The molecule has 0 aliphatic rings. The van der Waals surface area contributed by atoms with Crippen molar-refractivity contribution in [1.29, 1.82) is 0 Å². The fourth-order valence-corrected chi connectivity index (χ4v) is 4.27. The monoisotopic (exact) mass is 445 g/mol. The maximum Gasteiger partial charge on any atom is 0.253 e. The lowest BCUT2D eigenvalue weighted by atomic mass is 10.1. The van der Waals surface area contributed by atoms with Crippen molar-refractivity contribution in [1.82, 2.24) is 4.57 Å². The van der Waals surface area contributed by atoms with Crippen molar-refractivity contribution in [2.75, 3.05) is 5.32 Å². The number of nitrogens with two attached hydrogens (primary N) is 1. The molecule has 27 heavy (non-hydrogen) atoms. The highest BCUT2D eigenvalue weighted by atomic mass is 79.9. The largest absolute Gasteiger partial charge is 0.366 e. The summed E-state index contributed by atoms with van der Waals surface area (Å²) in [5.74, 6) is -1.04. The van der Waals surface area contributed by atoms with Gasteiger partial charge in [-0.1, -0.05) is 30.3 Å². The lowest BCUT2D eigenvalue weighted by Crippen LogP contribution is -2.28. The Balaban J connectivity index is 1.87. The number of carbonyl (C=O) groups is 2. The van der Waals surface area contributed by atoms with Gasteiger partial charge >= 0.3 is 0 Å². The molecule has 3 N–H and O–H groups in total. The number of benzene rings is 1. The zero-order chi connectivity index (χ0) is 19.6.